The number of halogens is 1. The molecule has 0 aromatic heterocycles. The topological polar surface area (TPSA) is 101 Å². The van der Waals surface area contributed by atoms with Crippen LogP contribution in [0.4, 0.5) is 15.8 Å². The van der Waals surface area contributed by atoms with E-state index in [1.807, 2.05) is 0 Å². The molecular weight excluding hydrogens is 395 g/mol. The van der Waals surface area contributed by atoms with Crippen LogP contribution in [0.15, 0.2) is 52.3 Å². The Kier molecular flexibility index (Phi) is 5.91. The van der Waals surface area contributed by atoms with Crippen LogP contribution in [0.2, 0.25) is 0 Å². The number of rotatable bonds is 6. The first kappa shape index (κ1) is 20.8. The molecule has 2 aromatic carbocycles. The summed E-state index contributed by atoms with van der Waals surface area (Å²) >= 11 is 0. The van der Waals surface area contributed by atoms with E-state index in [1.165, 1.54) is 42.3 Å². The summed E-state index contributed by atoms with van der Waals surface area (Å²) < 4.78 is 60.8. The van der Waals surface area contributed by atoms with Gasteiger partial charge in [-0.3, -0.25) is 4.79 Å². The molecule has 0 aliphatic rings. The zero-order chi connectivity index (χ0) is 20.4. The summed E-state index contributed by atoms with van der Waals surface area (Å²) in [5, 5.41) is 2.51. The zero-order valence-corrected chi connectivity index (χ0v) is 16.6. The van der Waals surface area contributed by atoms with E-state index in [9.17, 15) is 26.0 Å². The highest BCUT2D eigenvalue weighted by molar-refractivity contribution is 7.91. The molecule has 0 saturated heterocycles. The van der Waals surface area contributed by atoms with Crippen LogP contribution in [-0.4, -0.2) is 48.8 Å². The SMILES string of the molecule is CN(CC(=O)Nc1cccc(F)c1)c1ccc(S(C)(=O)=O)cc1S(C)(=O)=O. The van der Waals surface area contributed by atoms with Crippen LogP contribution in [0.25, 0.3) is 0 Å². The summed E-state index contributed by atoms with van der Waals surface area (Å²) in [6, 6.07) is 9.04. The quantitative estimate of drug-likeness (QED) is 0.772. The molecule has 0 fully saturated rings. The largest absolute Gasteiger partial charge is 0.364 e. The average molecular weight is 414 g/mol. The Balaban J connectivity index is 2.29. The van der Waals surface area contributed by atoms with Gasteiger partial charge in [0, 0.05) is 25.2 Å². The molecule has 27 heavy (non-hydrogen) atoms. The average Bonchev–Trinajstić information content (AvgIpc) is 2.52. The predicted octanol–water partition coefficient (Wildman–Crippen LogP) is 1.71. The Morgan fingerprint density at radius 2 is 1.70 bits per heavy atom. The van der Waals surface area contributed by atoms with Gasteiger partial charge in [-0.1, -0.05) is 6.07 Å². The smallest absolute Gasteiger partial charge is 0.243 e. The van der Waals surface area contributed by atoms with Crippen molar-refractivity contribution in [2.75, 3.05) is 36.3 Å². The number of nitrogens with one attached hydrogen (secondary N) is 1. The molecule has 0 radical (unpaired) electrons. The third-order valence-electron chi connectivity index (χ3n) is 3.66. The number of amides is 1. The Bertz CT molecular complexity index is 1080. The second kappa shape index (κ2) is 7.65. The molecule has 1 amide bonds. The predicted molar refractivity (Wildman–Crippen MR) is 101 cm³/mol. The highest BCUT2D eigenvalue weighted by Gasteiger charge is 2.21. The molecule has 2 aromatic rings. The summed E-state index contributed by atoms with van der Waals surface area (Å²) in [4.78, 5) is 13.2. The second-order valence-electron chi connectivity index (χ2n) is 6.09. The lowest BCUT2D eigenvalue weighted by Gasteiger charge is -2.22. The van der Waals surface area contributed by atoms with E-state index in [1.54, 1.807) is 0 Å². The lowest BCUT2D eigenvalue weighted by Crippen LogP contribution is -2.31. The van der Waals surface area contributed by atoms with Gasteiger partial charge >= 0.3 is 0 Å². The lowest BCUT2D eigenvalue weighted by atomic mass is 10.3. The van der Waals surface area contributed by atoms with Crippen LogP contribution >= 0.6 is 0 Å². The van der Waals surface area contributed by atoms with Crippen molar-refractivity contribution in [2.24, 2.45) is 0 Å². The maximum absolute atomic E-state index is 13.2. The molecule has 10 heteroatoms. The maximum atomic E-state index is 13.2. The molecule has 0 aliphatic carbocycles. The molecule has 0 unspecified atom stereocenters. The van der Waals surface area contributed by atoms with Crippen molar-refractivity contribution in [3.63, 3.8) is 0 Å². The van der Waals surface area contributed by atoms with Crippen LogP contribution in [0, 0.1) is 5.82 Å². The molecular formula is C17H19FN2O5S2. The van der Waals surface area contributed by atoms with Gasteiger partial charge in [-0.15, -0.1) is 0 Å². The lowest BCUT2D eigenvalue weighted by molar-refractivity contribution is -0.114. The van der Waals surface area contributed by atoms with Crippen LogP contribution in [0.5, 0.6) is 0 Å². The van der Waals surface area contributed by atoms with E-state index >= 15 is 0 Å². The van der Waals surface area contributed by atoms with Crippen LogP contribution in [0.3, 0.4) is 0 Å². The summed E-state index contributed by atoms with van der Waals surface area (Å²) in [6.07, 6.45) is 1.93. The summed E-state index contributed by atoms with van der Waals surface area (Å²) in [6.45, 7) is -0.225. The van der Waals surface area contributed by atoms with Crippen molar-refractivity contribution in [1.82, 2.24) is 0 Å². The Hall–Kier alpha value is -2.46. The van der Waals surface area contributed by atoms with E-state index in [4.69, 9.17) is 0 Å². The summed E-state index contributed by atoms with van der Waals surface area (Å²) in [5.74, 6) is -0.994. The van der Waals surface area contributed by atoms with E-state index < -0.39 is 31.4 Å². The van der Waals surface area contributed by atoms with E-state index in [-0.39, 0.29) is 27.7 Å². The van der Waals surface area contributed by atoms with Crippen LogP contribution in [0.1, 0.15) is 0 Å². The minimum absolute atomic E-state index is 0.135. The highest BCUT2D eigenvalue weighted by Crippen LogP contribution is 2.27. The normalized spacial score (nSPS) is 11.9. The molecule has 0 heterocycles. The first-order valence-electron chi connectivity index (χ1n) is 7.68. The number of sulfone groups is 2. The van der Waals surface area contributed by atoms with Gasteiger partial charge in [-0.05, 0) is 36.4 Å². The van der Waals surface area contributed by atoms with Crippen molar-refractivity contribution in [3.05, 3.63) is 48.3 Å². The zero-order valence-electron chi connectivity index (χ0n) is 14.9. The number of hydrogen-bond acceptors (Lipinski definition) is 6. The van der Waals surface area contributed by atoms with Crippen molar-refractivity contribution < 1.29 is 26.0 Å². The second-order valence-corrected chi connectivity index (χ2v) is 10.1. The highest BCUT2D eigenvalue weighted by atomic mass is 32.2. The van der Waals surface area contributed by atoms with Crippen molar-refractivity contribution in [1.29, 1.82) is 0 Å². The fourth-order valence-corrected chi connectivity index (χ4v) is 4.07. The first-order valence-corrected chi connectivity index (χ1v) is 11.5. The van der Waals surface area contributed by atoms with Gasteiger partial charge in [-0.25, -0.2) is 21.2 Å². The Morgan fingerprint density at radius 3 is 2.26 bits per heavy atom. The fourth-order valence-electron chi connectivity index (χ4n) is 2.40. The summed E-state index contributed by atoms with van der Waals surface area (Å²) in [5.41, 5.74) is 0.448. The van der Waals surface area contributed by atoms with E-state index in [0.717, 1.165) is 24.6 Å². The fraction of sp³-hybridized carbons (Fsp3) is 0.235. The molecule has 7 nitrogen and oxygen atoms in total. The molecule has 0 atom stereocenters. The molecule has 0 bridgehead atoms. The molecule has 0 saturated carbocycles. The van der Waals surface area contributed by atoms with Crippen LogP contribution in [-0.2, 0) is 24.5 Å². The monoisotopic (exact) mass is 414 g/mol. The van der Waals surface area contributed by atoms with E-state index in [2.05, 4.69) is 5.32 Å². The minimum atomic E-state index is -3.75. The number of benzene rings is 2. The number of hydrogen-bond donors (Lipinski definition) is 1. The molecule has 0 spiro atoms. The Labute approximate surface area is 157 Å². The van der Waals surface area contributed by atoms with Crippen molar-refractivity contribution in [3.8, 4) is 0 Å². The summed E-state index contributed by atoms with van der Waals surface area (Å²) in [7, 11) is -5.85. The van der Waals surface area contributed by atoms with Crippen molar-refractivity contribution >= 4 is 37.0 Å². The van der Waals surface area contributed by atoms with Gasteiger partial charge in [0.15, 0.2) is 19.7 Å². The molecule has 1 N–H and O–H groups in total. The molecule has 0 aliphatic heterocycles. The molecule has 2 rings (SSSR count). The standard InChI is InChI=1S/C17H19FN2O5S2/c1-20(11-17(21)19-13-6-4-5-12(18)9-13)15-8-7-14(26(2,22)23)10-16(15)27(3,24)25/h4-10H,11H2,1-3H3,(H,19,21). The number of likely N-dealkylation sites (N-methyl/N-ethyl adjacent to an activating group) is 1. The third-order valence-corrected chi connectivity index (χ3v) is 5.90. The number of carbonyl (C=O) groups is 1. The third kappa shape index (κ3) is 5.51. The van der Waals surface area contributed by atoms with Gasteiger partial charge in [0.2, 0.25) is 5.91 Å². The Morgan fingerprint density at radius 1 is 1.04 bits per heavy atom. The van der Waals surface area contributed by atoms with Crippen molar-refractivity contribution in [2.45, 2.75) is 9.79 Å². The van der Waals surface area contributed by atoms with Gasteiger partial charge in [0.05, 0.1) is 22.0 Å². The van der Waals surface area contributed by atoms with Gasteiger partial charge in [0.25, 0.3) is 0 Å². The minimum Gasteiger partial charge on any atom is -0.364 e. The number of nitrogens with zero attached hydrogens (tertiary/aromatic N) is 1. The number of carbonyl (C=O) groups excluding carboxylic acids is 1. The van der Waals surface area contributed by atoms with Gasteiger partial charge < -0.3 is 10.2 Å². The molecule has 146 valence electrons. The number of anilines is 2. The van der Waals surface area contributed by atoms with Gasteiger partial charge in [-0.2, -0.15) is 0 Å². The maximum Gasteiger partial charge on any atom is 0.243 e. The van der Waals surface area contributed by atoms with Gasteiger partial charge in [0.1, 0.15) is 5.82 Å². The first-order chi connectivity index (χ1) is 12.4. The van der Waals surface area contributed by atoms with Crippen LogP contribution < -0.4 is 10.2 Å². The van der Waals surface area contributed by atoms with E-state index in [0.29, 0.717) is 0 Å².